The smallest absolute Gasteiger partial charge is 0.249 e. The lowest BCUT2D eigenvalue weighted by Gasteiger charge is -2.06. The van der Waals surface area contributed by atoms with E-state index < -0.39 is 0 Å². The number of H-pyrrole nitrogens is 1. The number of fused-ring (bicyclic) bond motifs is 1. The van der Waals surface area contributed by atoms with Crippen LogP contribution in [0.15, 0.2) is 41.2 Å². The molecule has 0 amide bonds. The van der Waals surface area contributed by atoms with Crippen molar-refractivity contribution >= 4 is 34.4 Å². The number of hydrogen-bond acceptors (Lipinski definition) is 2. The molecule has 0 unspecified atom stereocenters. The average Bonchev–Trinajstić information content (AvgIpc) is 2.66. The fourth-order valence-electron chi connectivity index (χ4n) is 1.81. The maximum absolute atomic E-state index is 11.4. The van der Waals surface area contributed by atoms with E-state index in [0.717, 1.165) is 0 Å². The molecule has 2 heterocycles. The first-order valence-corrected chi connectivity index (χ1v) is 5.94. The van der Waals surface area contributed by atoms with Gasteiger partial charge in [-0.25, -0.2) is 4.98 Å². The van der Waals surface area contributed by atoms with Crippen molar-refractivity contribution in [3.8, 4) is 5.69 Å². The summed E-state index contributed by atoms with van der Waals surface area (Å²) in [6.45, 7) is 0. The predicted octanol–water partition coefficient (Wildman–Crippen LogP) is 3.02. The summed E-state index contributed by atoms with van der Waals surface area (Å²) in [6.07, 6.45) is 0. The lowest BCUT2D eigenvalue weighted by molar-refractivity contribution is 1.06. The molecule has 0 bridgehead atoms. The van der Waals surface area contributed by atoms with Gasteiger partial charge in [0.1, 0.15) is 11.2 Å². The molecular formula is C12H7Cl2N3O. The number of para-hydroxylation sites is 1. The molecule has 0 saturated heterocycles. The Morgan fingerprint density at radius 1 is 1.11 bits per heavy atom. The van der Waals surface area contributed by atoms with Gasteiger partial charge in [-0.2, -0.15) is 0 Å². The summed E-state index contributed by atoms with van der Waals surface area (Å²) in [5, 5.41) is 0.781. The highest BCUT2D eigenvalue weighted by atomic mass is 35.5. The van der Waals surface area contributed by atoms with E-state index in [-0.39, 0.29) is 10.8 Å². The Hall–Kier alpha value is -1.78. The molecule has 1 aromatic carbocycles. The monoisotopic (exact) mass is 279 g/mol. The number of benzene rings is 1. The molecule has 0 saturated carbocycles. The molecular weight excluding hydrogens is 273 g/mol. The van der Waals surface area contributed by atoms with Crippen molar-refractivity contribution < 1.29 is 0 Å². The van der Waals surface area contributed by atoms with Gasteiger partial charge in [0.2, 0.25) is 10.8 Å². The van der Waals surface area contributed by atoms with Crippen molar-refractivity contribution in [2.75, 3.05) is 0 Å². The predicted molar refractivity (Wildman–Crippen MR) is 71.7 cm³/mol. The van der Waals surface area contributed by atoms with Gasteiger partial charge in [0.15, 0.2) is 0 Å². The Balaban J connectivity index is 2.42. The fourth-order valence-corrected chi connectivity index (χ4v) is 2.30. The molecule has 1 N–H and O–H groups in total. The normalized spacial score (nSPS) is 11.0. The van der Waals surface area contributed by atoms with Crippen LogP contribution in [0.4, 0.5) is 0 Å². The third-order valence-corrected chi connectivity index (χ3v) is 3.16. The van der Waals surface area contributed by atoms with Crippen LogP contribution in [-0.4, -0.2) is 14.5 Å². The van der Waals surface area contributed by atoms with Crippen LogP contribution < -0.4 is 5.56 Å². The zero-order valence-electron chi connectivity index (χ0n) is 9.02. The Morgan fingerprint density at radius 2 is 1.89 bits per heavy atom. The first kappa shape index (κ1) is 11.3. The minimum Gasteiger partial charge on any atom is -0.306 e. The zero-order chi connectivity index (χ0) is 12.7. The molecule has 18 heavy (non-hydrogen) atoms. The molecule has 0 atom stereocenters. The summed E-state index contributed by atoms with van der Waals surface area (Å²) in [6, 6.07) is 10.2. The van der Waals surface area contributed by atoms with Gasteiger partial charge < -0.3 is 4.98 Å². The molecule has 2 aromatic heterocycles. The van der Waals surface area contributed by atoms with Crippen molar-refractivity contribution in [3.05, 3.63) is 57.1 Å². The fraction of sp³-hybridized carbons (Fsp3) is 0. The van der Waals surface area contributed by atoms with Gasteiger partial charge in [-0.1, -0.05) is 23.7 Å². The first-order valence-electron chi connectivity index (χ1n) is 5.19. The van der Waals surface area contributed by atoms with Crippen LogP contribution in [0.1, 0.15) is 0 Å². The SMILES string of the molecule is O=c1ccc2nc(Cl)n(-c3ccccc3Cl)c2[nH]1. The minimum absolute atomic E-state index is 0.215. The molecule has 4 nitrogen and oxygen atoms in total. The molecule has 90 valence electrons. The highest BCUT2D eigenvalue weighted by molar-refractivity contribution is 6.33. The summed E-state index contributed by atoms with van der Waals surface area (Å²) < 4.78 is 1.61. The van der Waals surface area contributed by atoms with Gasteiger partial charge in [-0.15, -0.1) is 0 Å². The second-order valence-corrected chi connectivity index (χ2v) is 4.47. The van der Waals surface area contributed by atoms with E-state index in [1.165, 1.54) is 6.07 Å². The van der Waals surface area contributed by atoms with Crippen molar-refractivity contribution in [3.63, 3.8) is 0 Å². The molecule has 0 fully saturated rings. The van der Waals surface area contributed by atoms with Gasteiger partial charge in [0.25, 0.3) is 0 Å². The highest BCUT2D eigenvalue weighted by Gasteiger charge is 2.13. The summed E-state index contributed by atoms with van der Waals surface area (Å²) >= 11 is 12.2. The molecule has 0 spiro atoms. The molecule has 0 aliphatic heterocycles. The Morgan fingerprint density at radius 3 is 2.67 bits per heavy atom. The maximum atomic E-state index is 11.4. The van der Waals surface area contributed by atoms with Crippen molar-refractivity contribution in [1.29, 1.82) is 0 Å². The molecule has 6 heteroatoms. The number of rotatable bonds is 1. The van der Waals surface area contributed by atoms with Crippen molar-refractivity contribution in [2.45, 2.75) is 0 Å². The Labute approximate surface area is 112 Å². The summed E-state index contributed by atoms with van der Waals surface area (Å²) in [4.78, 5) is 18.3. The summed E-state index contributed by atoms with van der Waals surface area (Å²) in [5.41, 5.74) is 1.60. The van der Waals surface area contributed by atoms with Crippen LogP contribution in [0.25, 0.3) is 16.9 Å². The number of nitrogens with zero attached hydrogens (tertiary/aromatic N) is 2. The lowest BCUT2D eigenvalue weighted by Crippen LogP contribution is -2.05. The van der Waals surface area contributed by atoms with Crippen LogP contribution in [0.2, 0.25) is 10.3 Å². The second-order valence-electron chi connectivity index (χ2n) is 3.72. The molecule has 3 aromatic rings. The van der Waals surface area contributed by atoms with Gasteiger partial charge in [0.05, 0.1) is 10.7 Å². The first-order chi connectivity index (χ1) is 8.66. The van der Waals surface area contributed by atoms with E-state index >= 15 is 0 Å². The molecule has 0 radical (unpaired) electrons. The number of aromatic nitrogens is 3. The van der Waals surface area contributed by atoms with Crippen LogP contribution in [0.3, 0.4) is 0 Å². The number of imidazole rings is 1. The number of pyridine rings is 1. The molecule has 0 aliphatic carbocycles. The van der Waals surface area contributed by atoms with E-state index in [9.17, 15) is 4.79 Å². The number of nitrogens with one attached hydrogen (secondary N) is 1. The van der Waals surface area contributed by atoms with E-state index in [0.29, 0.717) is 21.9 Å². The van der Waals surface area contributed by atoms with E-state index in [1.807, 2.05) is 12.1 Å². The van der Waals surface area contributed by atoms with E-state index in [2.05, 4.69) is 9.97 Å². The van der Waals surface area contributed by atoms with Crippen LogP contribution in [0, 0.1) is 0 Å². The van der Waals surface area contributed by atoms with Crippen LogP contribution in [-0.2, 0) is 0 Å². The zero-order valence-corrected chi connectivity index (χ0v) is 10.5. The van der Waals surface area contributed by atoms with Gasteiger partial charge in [0, 0.05) is 6.07 Å². The lowest BCUT2D eigenvalue weighted by atomic mass is 10.3. The second kappa shape index (κ2) is 4.15. The van der Waals surface area contributed by atoms with Crippen molar-refractivity contribution in [2.24, 2.45) is 0 Å². The van der Waals surface area contributed by atoms with E-state index in [4.69, 9.17) is 23.2 Å². The topological polar surface area (TPSA) is 50.7 Å². The number of hydrogen-bond donors (Lipinski definition) is 1. The molecule has 3 rings (SSSR count). The third kappa shape index (κ3) is 1.70. The number of aromatic amines is 1. The molecule has 0 aliphatic rings. The summed E-state index contributed by atoms with van der Waals surface area (Å²) in [7, 11) is 0. The van der Waals surface area contributed by atoms with Gasteiger partial charge >= 0.3 is 0 Å². The van der Waals surface area contributed by atoms with Crippen molar-refractivity contribution in [1.82, 2.24) is 14.5 Å². The number of halogens is 2. The maximum Gasteiger partial charge on any atom is 0.249 e. The minimum atomic E-state index is -0.215. The van der Waals surface area contributed by atoms with Gasteiger partial charge in [-0.05, 0) is 29.8 Å². The van der Waals surface area contributed by atoms with E-state index in [1.54, 1.807) is 22.8 Å². The third-order valence-electron chi connectivity index (χ3n) is 2.59. The van der Waals surface area contributed by atoms with Crippen LogP contribution in [0.5, 0.6) is 0 Å². The largest absolute Gasteiger partial charge is 0.306 e. The quantitative estimate of drug-likeness (QED) is 0.744. The average molecular weight is 280 g/mol. The highest BCUT2D eigenvalue weighted by Crippen LogP contribution is 2.27. The van der Waals surface area contributed by atoms with Crippen LogP contribution >= 0.6 is 23.2 Å². The standard InChI is InChI=1S/C12H7Cl2N3O/c13-7-3-1-2-4-9(7)17-11-8(15-12(17)14)5-6-10(18)16-11/h1-6H,(H,16,18). The van der Waals surface area contributed by atoms with Gasteiger partial charge in [-0.3, -0.25) is 9.36 Å². The summed E-state index contributed by atoms with van der Waals surface area (Å²) in [5.74, 6) is 0. The Bertz CT molecular complexity index is 791. The Kier molecular flexibility index (Phi) is 2.61.